The zero-order valence-electron chi connectivity index (χ0n) is 12.8. The Labute approximate surface area is 122 Å². The molecule has 0 aliphatic carbocycles. The molecule has 1 unspecified atom stereocenters. The van der Waals surface area contributed by atoms with E-state index in [0.717, 1.165) is 12.8 Å². The molecule has 0 aromatic carbocycles. The maximum Gasteiger partial charge on any atom is 0.303 e. The normalized spacial score (nSPS) is 13.6. The van der Waals surface area contributed by atoms with Crippen molar-refractivity contribution in [3.8, 4) is 0 Å². The topological polar surface area (TPSA) is 86.7 Å². The Hall–Kier alpha value is -0.660. The van der Waals surface area contributed by atoms with E-state index in [2.05, 4.69) is 4.72 Å². The Balaban J connectivity index is 4.16. The molecule has 120 valence electrons. The minimum atomic E-state index is -3.41. The summed E-state index contributed by atoms with van der Waals surface area (Å²) in [6.07, 6.45) is 2.93. The fraction of sp³-hybridized carbons (Fsp3) is 0.923. The maximum absolute atomic E-state index is 12.1. The second-order valence-electron chi connectivity index (χ2n) is 5.12. The van der Waals surface area contributed by atoms with Gasteiger partial charge < -0.3 is 5.11 Å². The van der Waals surface area contributed by atoms with Crippen LogP contribution in [0.3, 0.4) is 0 Å². The van der Waals surface area contributed by atoms with Gasteiger partial charge in [0.25, 0.3) is 10.2 Å². The third-order valence-corrected chi connectivity index (χ3v) is 4.67. The lowest BCUT2D eigenvalue weighted by Gasteiger charge is -2.21. The van der Waals surface area contributed by atoms with Gasteiger partial charge in [0, 0.05) is 26.1 Å². The largest absolute Gasteiger partial charge is 0.481 e. The Kier molecular flexibility index (Phi) is 9.79. The van der Waals surface area contributed by atoms with Crippen LogP contribution in [0.4, 0.5) is 0 Å². The zero-order valence-corrected chi connectivity index (χ0v) is 13.6. The lowest BCUT2D eigenvalue weighted by Crippen LogP contribution is -2.42. The molecule has 0 fully saturated rings. The molecule has 0 saturated carbocycles. The highest BCUT2D eigenvalue weighted by atomic mass is 32.2. The minimum Gasteiger partial charge on any atom is -0.481 e. The van der Waals surface area contributed by atoms with E-state index in [9.17, 15) is 13.2 Å². The molecule has 0 bridgehead atoms. The van der Waals surface area contributed by atoms with Crippen LogP contribution in [-0.2, 0) is 15.0 Å². The summed E-state index contributed by atoms with van der Waals surface area (Å²) in [6.45, 7) is 7.24. The number of nitrogens with zero attached hydrogens (tertiary/aromatic N) is 1. The molecule has 0 aliphatic rings. The van der Waals surface area contributed by atoms with Crippen molar-refractivity contribution in [2.75, 3.05) is 19.6 Å². The summed E-state index contributed by atoms with van der Waals surface area (Å²) in [6, 6.07) is 0. The smallest absolute Gasteiger partial charge is 0.303 e. The van der Waals surface area contributed by atoms with Crippen molar-refractivity contribution in [3.63, 3.8) is 0 Å². The van der Waals surface area contributed by atoms with E-state index in [1.54, 1.807) is 0 Å². The van der Waals surface area contributed by atoms with Crippen LogP contribution >= 0.6 is 0 Å². The molecule has 7 heteroatoms. The first-order valence-electron chi connectivity index (χ1n) is 7.30. The van der Waals surface area contributed by atoms with Gasteiger partial charge in [-0.15, -0.1) is 0 Å². The van der Waals surface area contributed by atoms with Gasteiger partial charge in [0.2, 0.25) is 0 Å². The molecule has 20 heavy (non-hydrogen) atoms. The summed E-state index contributed by atoms with van der Waals surface area (Å²) >= 11 is 0. The number of carboxylic acids is 1. The van der Waals surface area contributed by atoms with Crippen molar-refractivity contribution in [2.24, 2.45) is 5.92 Å². The van der Waals surface area contributed by atoms with Crippen LogP contribution < -0.4 is 4.72 Å². The average Bonchev–Trinajstić information content (AvgIpc) is 2.36. The van der Waals surface area contributed by atoms with Crippen molar-refractivity contribution in [2.45, 2.75) is 52.9 Å². The fourth-order valence-electron chi connectivity index (χ4n) is 1.89. The van der Waals surface area contributed by atoms with E-state index in [0.29, 0.717) is 32.5 Å². The molecule has 1 atom stereocenters. The molecule has 0 aliphatic heterocycles. The van der Waals surface area contributed by atoms with Crippen molar-refractivity contribution in [1.29, 1.82) is 0 Å². The Morgan fingerprint density at radius 2 is 1.75 bits per heavy atom. The number of aliphatic carboxylic acids is 1. The first-order valence-corrected chi connectivity index (χ1v) is 8.74. The van der Waals surface area contributed by atoms with E-state index >= 15 is 0 Å². The number of rotatable bonds is 12. The van der Waals surface area contributed by atoms with Crippen LogP contribution in [-0.4, -0.2) is 43.4 Å². The van der Waals surface area contributed by atoms with E-state index < -0.39 is 16.2 Å². The molecule has 0 aromatic rings. The molecular formula is C13H28N2O4S. The van der Waals surface area contributed by atoms with Gasteiger partial charge in [0.15, 0.2) is 0 Å². The summed E-state index contributed by atoms with van der Waals surface area (Å²) in [5, 5.41) is 8.59. The molecule has 0 spiro atoms. The van der Waals surface area contributed by atoms with Crippen molar-refractivity contribution < 1.29 is 18.3 Å². The first kappa shape index (κ1) is 19.3. The Morgan fingerprint density at radius 1 is 1.20 bits per heavy atom. The van der Waals surface area contributed by atoms with E-state index in [1.807, 2.05) is 20.8 Å². The van der Waals surface area contributed by atoms with E-state index in [1.165, 1.54) is 4.31 Å². The van der Waals surface area contributed by atoms with Crippen molar-refractivity contribution >= 4 is 16.2 Å². The summed E-state index contributed by atoms with van der Waals surface area (Å²) in [5.41, 5.74) is 0. The van der Waals surface area contributed by atoms with Gasteiger partial charge in [-0.25, -0.2) is 4.72 Å². The molecule has 0 amide bonds. The minimum absolute atomic E-state index is 0.131. The van der Waals surface area contributed by atoms with Gasteiger partial charge in [-0.2, -0.15) is 12.7 Å². The van der Waals surface area contributed by atoms with Gasteiger partial charge in [0.1, 0.15) is 0 Å². The van der Waals surface area contributed by atoms with Crippen LogP contribution in [0.1, 0.15) is 52.9 Å². The Bertz CT molecular complexity index is 365. The van der Waals surface area contributed by atoms with Gasteiger partial charge in [-0.3, -0.25) is 4.79 Å². The van der Waals surface area contributed by atoms with Crippen LogP contribution in [0, 0.1) is 5.92 Å². The molecule has 0 rings (SSSR count). The first-order chi connectivity index (χ1) is 9.33. The molecule has 0 saturated heterocycles. The number of carbonyl (C=O) groups is 1. The summed E-state index contributed by atoms with van der Waals surface area (Å²) in [7, 11) is -3.41. The number of nitrogens with one attached hydrogen (secondary N) is 1. The van der Waals surface area contributed by atoms with Gasteiger partial charge in [-0.05, 0) is 31.6 Å². The fourth-order valence-corrected chi connectivity index (χ4v) is 3.30. The quantitative estimate of drug-likeness (QED) is 0.576. The molecule has 2 N–H and O–H groups in total. The number of carboxylic acid groups (broad SMARTS) is 1. The molecular weight excluding hydrogens is 280 g/mol. The highest BCUT2D eigenvalue weighted by Crippen LogP contribution is 2.10. The van der Waals surface area contributed by atoms with Gasteiger partial charge in [-0.1, -0.05) is 20.8 Å². The van der Waals surface area contributed by atoms with Crippen LogP contribution in [0.5, 0.6) is 0 Å². The summed E-state index contributed by atoms with van der Waals surface area (Å²) in [5.74, 6) is -0.617. The van der Waals surface area contributed by atoms with Gasteiger partial charge >= 0.3 is 5.97 Å². The maximum atomic E-state index is 12.1. The molecule has 6 nitrogen and oxygen atoms in total. The summed E-state index contributed by atoms with van der Waals surface area (Å²) < 4.78 is 28.2. The molecule has 0 aromatic heterocycles. The van der Waals surface area contributed by atoms with E-state index in [4.69, 9.17) is 5.11 Å². The second kappa shape index (κ2) is 10.1. The zero-order chi connectivity index (χ0) is 15.6. The molecule has 0 radical (unpaired) electrons. The Morgan fingerprint density at radius 3 is 2.20 bits per heavy atom. The van der Waals surface area contributed by atoms with Crippen molar-refractivity contribution in [3.05, 3.63) is 0 Å². The van der Waals surface area contributed by atoms with Crippen LogP contribution in [0.25, 0.3) is 0 Å². The summed E-state index contributed by atoms with van der Waals surface area (Å²) in [4.78, 5) is 10.5. The third-order valence-electron chi connectivity index (χ3n) is 3.06. The monoisotopic (exact) mass is 308 g/mol. The number of hydrogen-bond donors (Lipinski definition) is 2. The third kappa shape index (κ3) is 8.50. The number of hydrogen-bond acceptors (Lipinski definition) is 3. The standard InChI is InChI=1S/C13H28N2O4S/c1-4-10-15(11-5-2)20(18,19)14-9-8-12(3)6-7-13(16)17/h12,14H,4-11H2,1-3H3,(H,16,17). The van der Waals surface area contributed by atoms with E-state index in [-0.39, 0.29) is 12.3 Å². The lowest BCUT2D eigenvalue weighted by atomic mass is 10.0. The lowest BCUT2D eigenvalue weighted by molar-refractivity contribution is -0.137. The second-order valence-corrected chi connectivity index (χ2v) is 6.88. The highest BCUT2D eigenvalue weighted by Gasteiger charge is 2.19. The van der Waals surface area contributed by atoms with Crippen LogP contribution in [0.2, 0.25) is 0 Å². The SMILES string of the molecule is CCCN(CCC)S(=O)(=O)NCCC(C)CCC(=O)O. The van der Waals surface area contributed by atoms with Crippen LogP contribution in [0.15, 0.2) is 0 Å². The molecule has 0 heterocycles. The van der Waals surface area contributed by atoms with Gasteiger partial charge in [0.05, 0.1) is 0 Å². The highest BCUT2D eigenvalue weighted by molar-refractivity contribution is 7.87. The average molecular weight is 308 g/mol. The predicted molar refractivity (Wildman–Crippen MR) is 79.7 cm³/mol. The predicted octanol–water partition coefficient (Wildman–Crippen LogP) is 1.83. The van der Waals surface area contributed by atoms with Crippen molar-refractivity contribution in [1.82, 2.24) is 9.03 Å².